The number of dihydropyridines is 1. The number of aromatic nitrogens is 2. The van der Waals surface area contributed by atoms with Crippen molar-refractivity contribution in [2.45, 2.75) is 25.7 Å². The van der Waals surface area contributed by atoms with E-state index in [0.717, 1.165) is 37.1 Å². The number of hydrogen-bond acceptors (Lipinski definition) is 6. The molecule has 4 heterocycles. The third-order valence-corrected chi connectivity index (χ3v) is 5.01. The van der Waals surface area contributed by atoms with Crippen molar-refractivity contribution in [3.05, 3.63) is 59.5 Å². The third-order valence-electron chi connectivity index (χ3n) is 5.01. The Labute approximate surface area is 163 Å². The molecule has 7 heteroatoms. The van der Waals surface area contributed by atoms with Crippen molar-refractivity contribution in [3.8, 4) is 0 Å². The van der Waals surface area contributed by atoms with E-state index >= 15 is 0 Å². The maximum absolute atomic E-state index is 14.5. The average molecular weight is 378 g/mol. The zero-order valence-corrected chi connectivity index (χ0v) is 15.8. The first kappa shape index (κ1) is 18.4. The summed E-state index contributed by atoms with van der Waals surface area (Å²) in [6.07, 6.45) is 4.97. The van der Waals surface area contributed by atoms with E-state index < -0.39 is 5.83 Å². The second kappa shape index (κ2) is 7.98. The van der Waals surface area contributed by atoms with E-state index in [9.17, 15) is 4.39 Å². The Morgan fingerprint density at radius 1 is 1.18 bits per heavy atom. The van der Waals surface area contributed by atoms with Gasteiger partial charge < -0.3 is 10.6 Å². The molecule has 144 valence electrons. The summed E-state index contributed by atoms with van der Waals surface area (Å²) < 4.78 is 14.5. The van der Waals surface area contributed by atoms with Crippen LogP contribution in [-0.2, 0) is 0 Å². The number of nitrogens with zero attached hydrogens (tertiary/aromatic N) is 3. The van der Waals surface area contributed by atoms with Crippen molar-refractivity contribution in [1.29, 1.82) is 5.41 Å². The minimum atomic E-state index is -0.551. The summed E-state index contributed by atoms with van der Waals surface area (Å²) in [5.74, 6) is -0.0806. The van der Waals surface area contributed by atoms with Gasteiger partial charge in [0.15, 0.2) is 5.83 Å². The number of rotatable bonds is 4. The molecule has 0 radical (unpaired) electrons. The third kappa shape index (κ3) is 3.71. The van der Waals surface area contributed by atoms with Crippen LogP contribution in [0.25, 0.3) is 11.0 Å². The molecule has 28 heavy (non-hydrogen) atoms. The maximum atomic E-state index is 14.5. The highest BCUT2D eigenvalue weighted by molar-refractivity contribution is 6.21. The van der Waals surface area contributed by atoms with Crippen LogP contribution >= 0.6 is 0 Å². The summed E-state index contributed by atoms with van der Waals surface area (Å²) in [6, 6.07) is 7.58. The Kier molecular flexibility index (Phi) is 5.25. The number of fused-ring (bicyclic) bond motifs is 1. The highest BCUT2D eigenvalue weighted by Gasteiger charge is 2.21. The molecule has 0 amide bonds. The van der Waals surface area contributed by atoms with Gasteiger partial charge in [0.1, 0.15) is 11.4 Å². The minimum absolute atomic E-state index is 0.0382. The van der Waals surface area contributed by atoms with Crippen LogP contribution in [0.1, 0.15) is 37.1 Å². The van der Waals surface area contributed by atoms with E-state index in [4.69, 9.17) is 10.4 Å². The zero-order valence-electron chi connectivity index (χ0n) is 15.8. The molecule has 0 unspecified atom stereocenters. The van der Waals surface area contributed by atoms with Gasteiger partial charge in [-0.25, -0.2) is 14.4 Å². The molecule has 2 aliphatic heterocycles. The standard InChI is InChI=1S/C21H23FN6/c1-2-24-12-20-15(23)11-14(22)21(28-20)19-6-5-17-18(27-19)4-3-16(26-17)13-7-9-25-10-8-13/h3-6,11-13,23-25H,2,7-10H2,1H3/b20-12+,23-15?. The molecule has 0 bridgehead atoms. The monoisotopic (exact) mass is 378 g/mol. The first-order chi connectivity index (χ1) is 13.7. The fourth-order valence-corrected chi connectivity index (χ4v) is 3.49. The molecule has 2 aromatic rings. The SMILES string of the molecule is CCN/C=C1/N=C(c2ccc3nc(C4CCNCC4)ccc3n2)C(F)=CC1=N. The first-order valence-corrected chi connectivity index (χ1v) is 9.63. The Morgan fingerprint density at radius 3 is 2.71 bits per heavy atom. The van der Waals surface area contributed by atoms with Crippen molar-refractivity contribution < 1.29 is 4.39 Å². The van der Waals surface area contributed by atoms with Gasteiger partial charge in [-0.05, 0) is 57.1 Å². The van der Waals surface area contributed by atoms with Crippen LogP contribution in [0.4, 0.5) is 4.39 Å². The molecular formula is C21H23FN6. The van der Waals surface area contributed by atoms with Crippen LogP contribution in [-0.4, -0.2) is 41.0 Å². The van der Waals surface area contributed by atoms with Gasteiger partial charge in [0.2, 0.25) is 0 Å². The Balaban J connectivity index is 1.67. The van der Waals surface area contributed by atoms with Crippen LogP contribution in [0.3, 0.4) is 0 Å². The zero-order chi connectivity index (χ0) is 19.5. The number of aliphatic imine (C=N–C) groups is 1. The van der Waals surface area contributed by atoms with Crippen LogP contribution < -0.4 is 10.6 Å². The van der Waals surface area contributed by atoms with Gasteiger partial charge in [-0.1, -0.05) is 0 Å². The lowest BCUT2D eigenvalue weighted by Crippen LogP contribution is -2.27. The molecule has 6 nitrogen and oxygen atoms in total. The molecule has 0 spiro atoms. The molecule has 4 rings (SSSR count). The molecule has 0 aliphatic carbocycles. The average Bonchev–Trinajstić information content (AvgIpc) is 2.73. The van der Waals surface area contributed by atoms with Crippen LogP contribution in [0.2, 0.25) is 0 Å². The maximum Gasteiger partial charge on any atom is 0.153 e. The van der Waals surface area contributed by atoms with Gasteiger partial charge in [0, 0.05) is 30.4 Å². The second-order valence-corrected chi connectivity index (χ2v) is 6.95. The predicted octanol–water partition coefficient (Wildman–Crippen LogP) is 3.22. The number of halogens is 1. The van der Waals surface area contributed by atoms with Gasteiger partial charge in [0.25, 0.3) is 0 Å². The van der Waals surface area contributed by atoms with E-state index in [1.807, 2.05) is 25.1 Å². The second-order valence-electron chi connectivity index (χ2n) is 6.95. The molecule has 0 atom stereocenters. The summed E-state index contributed by atoms with van der Waals surface area (Å²) in [5.41, 5.74) is 3.61. The van der Waals surface area contributed by atoms with E-state index in [2.05, 4.69) is 20.6 Å². The number of hydrogen-bond donors (Lipinski definition) is 3. The van der Waals surface area contributed by atoms with Crippen LogP contribution in [0.5, 0.6) is 0 Å². The predicted molar refractivity (Wildman–Crippen MR) is 110 cm³/mol. The molecule has 0 saturated carbocycles. The number of allylic oxidation sites excluding steroid dienone is 2. The largest absolute Gasteiger partial charge is 0.389 e. The molecule has 0 aromatic carbocycles. The summed E-state index contributed by atoms with van der Waals surface area (Å²) in [7, 11) is 0. The lowest BCUT2D eigenvalue weighted by molar-refractivity contribution is 0.454. The summed E-state index contributed by atoms with van der Waals surface area (Å²) in [6.45, 7) is 4.68. The summed E-state index contributed by atoms with van der Waals surface area (Å²) in [4.78, 5) is 13.7. The van der Waals surface area contributed by atoms with Crippen molar-refractivity contribution >= 4 is 22.5 Å². The van der Waals surface area contributed by atoms with Crippen molar-refractivity contribution in [2.24, 2.45) is 4.99 Å². The Morgan fingerprint density at radius 2 is 1.93 bits per heavy atom. The van der Waals surface area contributed by atoms with Gasteiger partial charge in [-0.2, -0.15) is 0 Å². The number of pyridine rings is 2. The van der Waals surface area contributed by atoms with E-state index in [1.54, 1.807) is 12.3 Å². The van der Waals surface area contributed by atoms with Crippen molar-refractivity contribution in [1.82, 2.24) is 20.6 Å². The Bertz CT molecular complexity index is 1000. The van der Waals surface area contributed by atoms with Gasteiger partial charge in [0.05, 0.1) is 22.4 Å². The smallest absolute Gasteiger partial charge is 0.153 e. The van der Waals surface area contributed by atoms with Crippen molar-refractivity contribution in [2.75, 3.05) is 19.6 Å². The molecule has 3 N–H and O–H groups in total. The molecule has 1 saturated heterocycles. The normalized spacial score (nSPS) is 19.6. The molecule has 2 aliphatic rings. The number of piperidine rings is 1. The van der Waals surface area contributed by atoms with E-state index in [0.29, 0.717) is 29.4 Å². The van der Waals surface area contributed by atoms with Gasteiger partial charge >= 0.3 is 0 Å². The fourth-order valence-electron chi connectivity index (χ4n) is 3.49. The summed E-state index contributed by atoms with van der Waals surface area (Å²) >= 11 is 0. The highest BCUT2D eigenvalue weighted by Crippen LogP contribution is 2.26. The first-order valence-electron chi connectivity index (χ1n) is 9.63. The minimum Gasteiger partial charge on any atom is -0.389 e. The Hall–Kier alpha value is -2.93. The van der Waals surface area contributed by atoms with Gasteiger partial charge in [-0.15, -0.1) is 0 Å². The van der Waals surface area contributed by atoms with Crippen LogP contribution in [0.15, 0.2) is 53.1 Å². The van der Waals surface area contributed by atoms with Crippen LogP contribution in [0, 0.1) is 5.41 Å². The molecule has 2 aromatic heterocycles. The topological polar surface area (TPSA) is 86.1 Å². The number of nitrogens with one attached hydrogen (secondary N) is 3. The highest BCUT2D eigenvalue weighted by atomic mass is 19.1. The fraction of sp³-hybridized carbons (Fsp3) is 0.333. The van der Waals surface area contributed by atoms with E-state index in [1.165, 1.54) is 6.08 Å². The summed E-state index contributed by atoms with van der Waals surface area (Å²) in [5, 5.41) is 14.3. The molecular weight excluding hydrogens is 355 g/mol. The lowest BCUT2D eigenvalue weighted by Gasteiger charge is -2.22. The van der Waals surface area contributed by atoms with Gasteiger partial charge in [-0.3, -0.25) is 10.4 Å². The quantitative estimate of drug-likeness (QED) is 0.762. The van der Waals surface area contributed by atoms with E-state index in [-0.39, 0.29) is 11.4 Å². The lowest BCUT2D eigenvalue weighted by atomic mass is 9.94. The van der Waals surface area contributed by atoms with Crippen molar-refractivity contribution in [3.63, 3.8) is 0 Å². The molecule has 1 fully saturated rings.